The van der Waals surface area contributed by atoms with Gasteiger partial charge in [0.1, 0.15) is 5.82 Å². The molecule has 28 heavy (non-hydrogen) atoms. The number of hydrogen-bond acceptors (Lipinski definition) is 3. The number of nitrogens with zero attached hydrogens (tertiary/aromatic N) is 2. The fraction of sp³-hybridized carbons (Fsp3) is 0.304. The molecule has 2 amide bonds. The van der Waals surface area contributed by atoms with Crippen molar-refractivity contribution in [1.29, 1.82) is 0 Å². The lowest BCUT2D eigenvalue weighted by molar-refractivity contribution is 0.262. The second-order valence-electron chi connectivity index (χ2n) is 7.47. The normalized spacial score (nSPS) is 14.1. The number of urea groups is 1. The fourth-order valence-corrected chi connectivity index (χ4v) is 3.74. The van der Waals surface area contributed by atoms with Gasteiger partial charge in [0.25, 0.3) is 0 Å². The number of aromatic nitrogens is 1. The molecule has 0 atom stereocenters. The van der Waals surface area contributed by atoms with Crippen molar-refractivity contribution in [3.05, 3.63) is 59.7 Å². The van der Waals surface area contributed by atoms with Crippen molar-refractivity contribution >= 4 is 34.1 Å². The minimum atomic E-state index is -0.246. The monoisotopic (exact) mass is 374 g/mol. The smallest absolute Gasteiger partial charge is 0.323 e. The first-order chi connectivity index (χ1) is 13.6. The maximum Gasteiger partial charge on any atom is 0.323 e. The number of rotatable bonds is 3. The summed E-state index contributed by atoms with van der Waals surface area (Å²) in [6.07, 6.45) is 3.78. The van der Waals surface area contributed by atoms with Gasteiger partial charge in [-0.2, -0.15) is 0 Å². The first-order valence-corrected chi connectivity index (χ1v) is 9.90. The molecule has 0 bridgehead atoms. The highest BCUT2D eigenvalue weighted by Crippen LogP contribution is 2.27. The topological polar surface area (TPSA) is 57.3 Å². The Morgan fingerprint density at radius 1 is 0.929 bits per heavy atom. The Kier molecular flexibility index (Phi) is 5.15. The van der Waals surface area contributed by atoms with E-state index in [0.29, 0.717) is 0 Å². The fourth-order valence-electron chi connectivity index (χ4n) is 3.74. The van der Waals surface area contributed by atoms with Crippen molar-refractivity contribution in [2.75, 3.05) is 28.6 Å². The van der Waals surface area contributed by atoms with Crippen LogP contribution < -0.4 is 15.5 Å². The summed E-state index contributed by atoms with van der Waals surface area (Å²) in [4.78, 5) is 19.6. The average Bonchev–Trinajstić information content (AvgIpc) is 2.71. The van der Waals surface area contributed by atoms with E-state index in [9.17, 15) is 4.79 Å². The van der Waals surface area contributed by atoms with Gasteiger partial charge in [0, 0.05) is 29.9 Å². The maximum absolute atomic E-state index is 12.4. The van der Waals surface area contributed by atoms with E-state index in [2.05, 4.69) is 28.5 Å². The largest absolute Gasteiger partial charge is 0.357 e. The Hall–Kier alpha value is -3.08. The molecular formula is C23H26N4O. The SMILES string of the molecule is Cc1ccccc1NC(=O)Nc1ccc2nc(N3CCCCC3)cc(C)c2c1. The van der Waals surface area contributed by atoms with E-state index in [4.69, 9.17) is 4.98 Å². The Labute approximate surface area is 165 Å². The zero-order valence-corrected chi connectivity index (χ0v) is 16.5. The highest BCUT2D eigenvalue weighted by atomic mass is 16.2. The molecule has 0 unspecified atom stereocenters. The number of fused-ring (bicyclic) bond motifs is 1. The maximum atomic E-state index is 12.4. The van der Waals surface area contributed by atoms with Crippen LogP contribution in [0.5, 0.6) is 0 Å². The van der Waals surface area contributed by atoms with E-state index in [1.807, 2.05) is 49.4 Å². The Balaban J connectivity index is 1.53. The van der Waals surface area contributed by atoms with E-state index in [1.54, 1.807) is 0 Å². The summed E-state index contributed by atoms with van der Waals surface area (Å²) in [7, 11) is 0. The van der Waals surface area contributed by atoms with Gasteiger partial charge < -0.3 is 15.5 Å². The zero-order chi connectivity index (χ0) is 19.5. The molecule has 1 aliphatic rings. The van der Waals surface area contributed by atoms with Gasteiger partial charge in [-0.05, 0) is 74.6 Å². The van der Waals surface area contributed by atoms with Crippen LogP contribution in [-0.4, -0.2) is 24.1 Å². The third-order valence-corrected chi connectivity index (χ3v) is 5.33. The minimum Gasteiger partial charge on any atom is -0.357 e. The Morgan fingerprint density at radius 3 is 2.50 bits per heavy atom. The first-order valence-electron chi connectivity index (χ1n) is 9.90. The van der Waals surface area contributed by atoms with Gasteiger partial charge >= 0.3 is 6.03 Å². The second-order valence-corrected chi connectivity index (χ2v) is 7.47. The number of benzene rings is 2. The number of nitrogens with one attached hydrogen (secondary N) is 2. The summed E-state index contributed by atoms with van der Waals surface area (Å²) in [6, 6.07) is 15.5. The Bertz CT molecular complexity index is 1010. The first kappa shape index (κ1) is 18.3. The molecule has 3 aromatic rings. The van der Waals surface area contributed by atoms with Gasteiger partial charge in [-0.3, -0.25) is 0 Å². The summed E-state index contributed by atoms with van der Waals surface area (Å²) in [5.74, 6) is 1.06. The number of para-hydroxylation sites is 1. The third kappa shape index (κ3) is 3.93. The molecule has 2 heterocycles. The van der Waals surface area contributed by atoms with Crippen molar-refractivity contribution in [1.82, 2.24) is 4.98 Å². The Morgan fingerprint density at radius 2 is 1.71 bits per heavy atom. The molecule has 144 valence electrons. The van der Waals surface area contributed by atoms with Crippen LogP contribution in [-0.2, 0) is 0 Å². The number of hydrogen-bond donors (Lipinski definition) is 2. The lowest BCUT2D eigenvalue weighted by Gasteiger charge is -2.28. The summed E-state index contributed by atoms with van der Waals surface area (Å²) >= 11 is 0. The van der Waals surface area contributed by atoms with Crippen molar-refractivity contribution < 1.29 is 4.79 Å². The number of carbonyl (C=O) groups excluding carboxylic acids is 1. The number of piperidine rings is 1. The van der Waals surface area contributed by atoms with Crippen LogP contribution >= 0.6 is 0 Å². The van der Waals surface area contributed by atoms with E-state index in [0.717, 1.165) is 46.7 Å². The third-order valence-electron chi connectivity index (χ3n) is 5.33. The highest BCUT2D eigenvalue weighted by molar-refractivity contribution is 6.01. The second kappa shape index (κ2) is 7.89. The predicted molar refractivity (Wildman–Crippen MR) is 116 cm³/mol. The molecule has 0 radical (unpaired) electrons. The van der Waals surface area contributed by atoms with Gasteiger partial charge in [0.15, 0.2) is 0 Å². The molecule has 5 heteroatoms. The van der Waals surface area contributed by atoms with Crippen LogP contribution in [0, 0.1) is 13.8 Å². The standard InChI is InChI=1S/C23H26N4O/c1-16-8-4-5-9-20(16)26-23(28)24-18-10-11-21-19(15-18)17(2)14-22(25-21)27-12-6-3-7-13-27/h4-5,8-11,14-15H,3,6-7,12-13H2,1-2H3,(H2,24,26,28). The number of pyridine rings is 1. The number of carbonyl (C=O) groups is 1. The molecule has 1 aromatic heterocycles. The molecule has 1 fully saturated rings. The van der Waals surface area contributed by atoms with Crippen LogP contribution in [0.2, 0.25) is 0 Å². The van der Waals surface area contributed by atoms with Crippen LogP contribution in [0.4, 0.5) is 22.0 Å². The molecule has 2 aromatic carbocycles. The summed E-state index contributed by atoms with van der Waals surface area (Å²) in [6.45, 7) is 6.24. The van der Waals surface area contributed by atoms with Gasteiger partial charge in [-0.1, -0.05) is 18.2 Å². The lowest BCUT2D eigenvalue weighted by Crippen LogP contribution is -2.30. The van der Waals surface area contributed by atoms with Crippen molar-refractivity contribution in [2.24, 2.45) is 0 Å². The summed E-state index contributed by atoms with van der Waals surface area (Å²) in [5.41, 5.74) is 4.74. The van der Waals surface area contributed by atoms with E-state index < -0.39 is 0 Å². The van der Waals surface area contributed by atoms with Gasteiger partial charge in [0.2, 0.25) is 0 Å². The van der Waals surface area contributed by atoms with E-state index in [1.165, 1.54) is 24.8 Å². The van der Waals surface area contributed by atoms with Gasteiger partial charge in [-0.15, -0.1) is 0 Å². The molecule has 1 aliphatic heterocycles. The van der Waals surface area contributed by atoms with Crippen LogP contribution in [0.15, 0.2) is 48.5 Å². The lowest BCUT2D eigenvalue weighted by atomic mass is 10.1. The van der Waals surface area contributed by atoms with E-state index >= 15 is 0 Å². The van der Waals surface area contributed by atoms with Crippen LogP contribution in [0.1, 0.15) is 30.4 Å². The molecule has 0 saturated carbocycles. The van der Waals surface area contributed by atoms with Gasteiger partial charge in [-0.25, -0.2) is 9.78 Å². The number of amides is 2. The molecule has 5 nitrogen and oxygen atoms in total. The molecular weight excluding hydrogens is 348 g/mol. The minimum absolute atomic E-state index is 0.246. The predicted octanol–water partition coefficient (Wildman–Crippen LogP) is 5.49. The van der Waals surface area contributed by atoms with Crippen molar-refractivity contribution in [3.63, 3.8) is 0 Å². The van der Waals surface area contributed by atoms with Crippen molar-refractivity contribution in [2.45, 2.75) is 33.1 Å². The zero-order valence-electron chi connectivity index (χ0n) is 16.5. The summed E-state index contributed by atoms with van der Waals surface area (Å²) in [5, 5.41) is 6.89. The number of anilines is 3. The molecule has 4 rings (SSSR count). The van der Waals surface area contributed by atoms with Crippen molar-refractivity contribution in [3.8, 4) is 0 Å². The van der Waals surface area contributed by atoms with Crippen LogP contribution in [0.3, 0.4) is 0 Å². The highest BCUT2D eigenvalue weighted by Gasteiger charge is 2.14. The van der Waals surface area contributed by atoms with Crippen LogP contribution in [0.25, 0.3) is 10.9 Å². The number of aryl methyl sites for hydroxylation is 2. The van der Waals surface area contributed by atoms with E-state index in [-0.39, 0.29) is 6.03 Å². The summed E-state index contributed by atoms with van der Waals surface area (Å²) < 4.78 is 0. The molecule has 0 aliphatic carbocycles. The van der Waals surface area contributed by atoms with Gasteiger partial charge in [0.05, 0.1) is 5.52 Å². The molecule has 1 saturated heterocycles. The molecule has 0 spiro atoms. The molecule has 2 N–H and O–H groups in total. The average molecular weight is 374 g/mol. The quantitative estimate of drug-likeness (QED) is 0.638.